The number of nitrogens with zero attached hydrogens (tertiary/aromatic N) is 1. The molecule has 164 valence electrons. The Morgan fingerprint density at radius 1 is 1.00 bits per heavy atom. The average Bonchev–Trinajstić information content (AvgIpc) is 3.43. The van der Waals surface area contributed by atoms with E-state index in [4.69, 9.17) is 0 Å². The molecule has 2 amide bonds. The second-order valence-corrected chi connectivity index (χ2v) is 8.11. The number of anilines is 1. The minimum atomic E-state index is -4.52. The number of amides is 2. The first-order valence-corrected chi connectivity index (χ1v) is 9.81. The SMILES string of the molecule is O=C(Nc1ccc(F)c(F)c1)C1CC12CCN(C(=O)c1cccc(C(F)(F)F)c1)CC2. The van der Waals surface area contributed by atoms with Crippen molar-refractivity contribution in [3.63, 3.8) is 0 Å². The average molecular weight is 438 g/mol. The molecular formula is C22H19F5N2O2. The highest BCUT2D eigenvalue weighted by Gasteiger charge is 2.58. The molecule has 0 radical (unpaired) electrons. The standard InChI is InChI=1S/C22H19F5N2O2/c23-17-5-4-15(11-18(17)24)28-19(30)16-12-21(16)6-8-29(9-7-21)20(31)13-2-1-3-14(10-13)22(25,26)27/h1-5,10-11,16H,6-9,12H2,(H,28,30). The molecule has 1 spiro atoms. The summed E-state index contributed by atoms with van der Waals surface area (Å²) in [6, 6.07) is 7.47. The van der Waals surface area contributed by atoms with Gasteiger partial charge in [-0.05, 0) is 55.0 Å². The van der Waals surface area contributed by atoms with Crippen LogP contribution in [0.4, 0.5) is 27.6 Å². The number of likely N-dealkylation sites (tertiary alicyclic amines) is 1. The molecule has 1 heterocycles. The van der Waals surface area contributed by atoms with Crippen LogP contribution in [-0.4, -0.2) is 29.8 Å². The van der Waals surface area contributed by atoms with Gasteiger partial charge in [-0.3, -0.25) is 9.59 Å². The minimum absolute atomic E-state index is 0.0193. The van der Waals surface area contributed by atoms with Crippen LogP contribution in [0.1, 0.15) is 35.2 Å². The minimum Gasteiger partial charge on any atom is -0.339 e. The monoisotopic (exact) mass is 438 g/mol. The van der Waals surface area contributed by atoms with Gasteiger partial charge in [-0.15, -0.1) is 0 Å². The molecule has 4 nitrogen and oxygen atoms in total. The van der Waals surface area contributed by atoms with Crippen LogP contribution in [0.25, 0.3) is 0 Å². The lowest BCUT2D eigenvalue weighted by molar-refractivity contribution is -0.137. The van der Waals surface area contributed by atoms with Crippen molar-refractivity contribution in [3.8, 4) is 0 Å². The lowest BCUT2D eigenvalue weighted by Crippen LogP contribution is -2.40. The molecule has 1 unspecified atom stereocenters. The summed E-state index contributed by atoms with van der Waals surface area (Å²) in [7, 11) is 0. The molecule has 4 rings (SSSR count). The number of benzene rings is 2. The van der Waals surface area contributed by atoms with E-state index in [1.807, 2.05) is 0 Å². The lowest BCUT2D eigenvalue weighted by atomic mass is 9.90. The smallest absolute Gasteiger partial charge is 0.339 e. The van der Waals surface area contributed by atoms with Gasteiger partial charge in [-0.25, -0.2) is 8.78 Å². The molecule has 1 saturated carbocycles. The Kier molecular flexibility index (Phi) is 5.23. The third-order valence-corrected chi connectivity index (χ3v) is 6.18. The summed E-state index contributed by atoms with van der Waals surface area (Å²) in [6.45, 7) is 0.675. The van der Waals surface area contributed by atoms with Crippen molar-refractivity contribution < 1.29 is 31.5 Å². The Hall–Kier alpha value is -2.97. The number of halogens is 5. The van der Waals surface area contributed by atoms with Crippen LogP contribution >= 0.6 is 0 Å². The molecule has 0 aromatic heterocycles. The zero-order chi connectivity index (χ0) is 22.4. The van der Waals surface area contributed by atoms with Gasteiger partial charge in [-0.1, -0.05) is 6.07 Å². The summed E-state index contributed by atoms with van der Waals surface area (Å²) in [4.78, 5) is 26.6. The molecule has 1 aliphatic heterocycles. The van der Waals surface area contributed by atoms with Crippen LogP contribution in [0.5, 0.6) is 0 Å². The molecular weight excluding hydrogens is 419 g/mol. The van der Waals surface area contributed by atoms with Crippen LogP contribution < -0.4 is 5.32 Å². The van der Waals surface area contributed by atoms with Crippen LogP contribution in [0.2, 0.25) is 0 Å². The summed E-state index contributed by atoms with van der Waals surface area (Å²) in [5.41, 5.74) is -0.993. The zero-order valence-electron chi connectivity index (χ0n) is 16.3. The molecule has 1 N–H and O–H groups in total. The third-order valence-electron chi connectivity index (χ3n) is 6.18. The first-order chi connectivity index (χ1) is 14.6. The van der Waals surface area contributed by atoms with E-state index >= 15 is 0 Å². The van der Waals surface area contributed by atoms with Gasteiger partial charge in [0, 0.05) is 36.3 Å². The highest BCUT2D eigenvalue weighted by atomic mass is 19.4. The number of carbonyl (C=O) groups is 2. The van der Waals surface area contributed by atoms with Gasteiger partial charge in [0.1, 0.15) is 0 Å². The predicted molar refractivity (Wildman–Crippen MR) is 102 cm³/mol. The Morgan fingerprint density at radius 3 is 2.35 bits per heavy atom. The fourth-order valence-electron chi connectivity index (χ4n) is 4.24. The van der Waals surface area contributed by atoms with E-state index in [0.717, 1.165) is 24.3 Å². The summed E-state index contributed by atoms with van der Waals surface area (Å²) in [5.74, 6) is -3.11. The van der Waals surface area contributed by atoms with Crippen molar-refractivity contribution in [3.05, 3.63) is 65.2 Å². The maximum Gasteiger partial charge on any atom is 0.416 e. The first kappa shape index (κ1) is 21.3. The van der Waals surface area contributed by atoms with Crippen LogP contribution in [0.3, 0.4) is 0 Å². The summed E-state index contributed by atoms with van der Waals surface area (Å²) in [5, 5.41) is 2.59. The van der Waals surface area contributed by atoms with E-state index in [0.29, 0.717) is 32.4 Å². The van der Waals surface area contributed by atoms with Gasteiger partial charge < -0.3 is 10.2 Å². The molecule has 1 atom stereocenters. The van der Waals surface area contributed by atoms with E-state index in [-0.39, 0.29) is 28.5 Å². The summed E-state index contributed by atoms with van der Waals surface area (Å²) >= 11 is 0. The molecule has 1 saturated heterocycles. The van der Waals surface area contributed by atoms with Crippen molar-refractivity contribution in [1.29, 1.82) is 0 Å². The summed E-state index contributed by atoms with van der Waals surface area (Å²) < 4.78 is 65.0. The molecule has 2 fully saturated rings. The van der Waals surface area contributed by atoms with Crippen molar-refractivity contribution in [2.24, 2.45) is 11.3 Å². The van der Waals surface area contributed by atoms with Gasteiger partial charge in [-0.2, -0.15) is 13.2 Å². The number of carbonyl (C=O) groups excluding carboxylic acids is 2. The van der Waals surface area contributed by atoms with E-state index in [1.165, 1.54) is 23.1 Å². The van der Waals surface area contributed by atoms with Gasteiger partial charge in [0.2, 0.25) is 5.91 Å². The summed E-state index contributed by atoms with van der Waals surface area (Å²) in [6.07, 6.45) is -2.81. The van der Waals surface area contributed by atoms with Gasteiger partial charge in [0.15, 0.2) is 11.6 Å². The fourth-order valence-corrected chi connectivity index (χ4v) is 4.24. The highest BCUT2D eigenvalue weighted by Crippen LogP contribution is 2.59. The quantitative estimate of drug-likeness (QED) is 0.696. The Bertz CT molecular complexity index is 1030. The maximum absolute atomic E-state index is 13.3. The topological polar surface area (TPSA) is 49.4 Å². The Morgan fingerprint density at radius 2 is 1.71 bits per heavy atom. The van der Waals surface area contributed by atoms with Crippen molar-refractivity contribution in [2.75, 3.05) is 18.4 Å². The van der Waals surface area contributed by atoms with Crippen molar-refractivity contribution in [2.45, 2.75) is 25.4 Å². The van der Waals surface area contributed by atoms with E-state index in [9.17, 15) is 31.5 Å². The highest BCUT2D eigenvalue weighted by molar-refractivity contribution is 5.96. The maximum atomic E-state index is 13.3. The normalized spacial score (nSPS) is 19.9. The number of hydrogen-bond donors (Lipinski definition) is 1. The Balaban J connectivity index is 1.35. The molecule has 2 aromatic carbocycles. The second-order valence-electron chi connectivity index (χ2n) is 8.11. The first-order valence-electron chi connectivity index (χ1n) is 9.81. The van der Waals surface area contributed by atoms with Gasteiger partial charge in [0.25, 0.3) is 5.91 Å². The van der Waals surface area contributed by atoms with Crippen LogP contribution in [0.15, 0.2) is 42.5 Å². The van der Waals surface area contributed by atoms with Crippen molar-refractivity contribution >= 4 is 17.5 Å². The zero-order valence-corrected chi connectivity index (χ0v) is 16.3. The second kappa shape index (κ2) is 7.62. The van der Waals surface area contributed by atoms with E-state index < -0.39 is 29.3 Å². The third kappa shape index (κ3) is 4.26. The number of nitrogens with one attached hydrogen (secondary N) is 1. The molecule has 1 aliphatic carbocycles. The van der Waals surface area contributed by atoms with Gasteiger partial charge in [0.05, 0.1) is 5.56 Å². The molecule has 31 heavy (non-hydrogen) atoms. The van der Waals surface area contributed by atoms with Gasteiger partial charge >= 0.3 is 6.18 Å². The van der Waals surface area contributed by atoms with E-state index in [2.05, 4.69) is 5.32 Å². The number of piperidine rings is 1. The Labute approximate surface area is 175 Å². The molecule has 2 aromatic rings. The predicted octanol–water partition coefficient (Wildman–Crippen LogP) is 4.86. The molecule has 2 aliphatic rings. The molecule has 0 bridgehead atoms. The van der Waals surface area contributed by atoms with Crippen LogP contribution in [-0.2, 0) is 11.0 Å². The molecule has 9 heteroatoms. The number of hydrogen-bond acceptors (Lipinski definition) is 2. The number of rotatable bonds is 3. The van der Waals surface area contributed by atoms with E-state index in [1.54, 1.807) is 0 Å². The van der Waals surface area contributed by atoms with Crippen molar-refractivity contribution in [1.82, 2.24) is 4.90 Å². The fraction of sp³-hybridized carbons (Fsp3) is 0.364. The number of alkyl halides is 3. The lowest BCUT2D eigenvalue weighted by Gasteiger charge is -2.33. The van der Waals surface area contributed by atoms with Crippen LogP contribution in [0, 0.1) is 23.0 Å². The largest absolute Gasteiger partial charge is 0.416 e.